The van der Waals surface area contributed by atoms with E-state index >= 15 is 0 Å². The number of hydrogen-bond donors (Lipinski definition) is 1. The van der Waals surface area contributed by atoms with Crippen molar-refractivity contribution in [3.63, 3.8) is 0 Å². The Morgan fingerprint density at radius 2 is 1.78 bits per heavy atom. The molecule has 0 heterocycles. The Hall–Kier alpha value is -1.47. The van der Waals surface area contributed by atoms with Crippen molar-refractivity contribution in [2.75, 3.05) is 5.32 Å². The van der Waals surface area contributed by atoms with Crippen LogP contribution in [0.4, 0.5) is 5.69 Å². The maximum absolute atomic E-state index is 5.98. The van der Waals surface area contributed by atoms with E-state index in [1.165, 1.54) is 16.7 Å². The van der Waals surface area contributed by atoms with Crippen molar-refractivity contribution >= 4 is 17.3 Å². The van der Waals surface area contributed by atoms with Gasteiger partial charge in [0.25, 0.3) is 0 Å². The molecule has 0 aliphatic carbocycles. The van der Waals surface area contributed by atoms with Crippen LogP contribution in [0.1, 0.15) is 29.7 Å². The summed E-state index contributed by atoms with van der Waals surface area (Å²) >= 11 is 5.98. The molecule has 0 amide bonds. The Morgan fingerprint density at radius 1 is 1.00 bits per heavy atom. The quantitative estimate of drug-likeness (QED) is 0.806. The second kappa shape index (κ2) is 5.45. The summed E-state index contributed by atoms with van der Waals surface area (Å²) in [5.41, 5.74) is 4.99. The summed E-state index contributed by atoms with van der Waals surface area (Å²) < 4.78 is 0. The topological polar surface area (TPSA) is 12.0 Å². The van der Waals surface area contributed by atoms with Crippen LogP contribution in [0.5, 0.6) is 0 Å². The first-order valence-corrected chi connectivity index (χ1v) is 6.53. The molecule has 0 fully saturated rings. The van der Waals surface area contributed by atoms with Crippen molar-refractivity contribution < 1.29 is 0 Å². The Morgan fingerprint density at radius 3 is 2.44 bits per heavy atom. The lowest BCUT2D eigenvalue weighted by Crippen LogP contribution is -2.06. The molecule has 2 heteroatoms. The normalized spacial score (nSPS) is 12.2. The maximum atomic E-state index is 5.98. The molecule has 2 aromatic rings. The van der Waals surface area contributed by atoms with E-state index < -0.39 is 0 Å². The van der Waals surface area contributed by atoms with Gasteiger partial charge in [0.05, 0.1) is 0 Å². The fourth-order valence-corrected chi connectivity index (χ4v) is 2.14. The van der Waals surface area contributed by atoms with Gasteiger partial charge in [-0.05, 0) is 55.7 Å². The van der Waals surface area contributed by atoms with E-state index in [4.69, 9.17) is 11.6 Å². The highest BCUT2D eigenvalue weighted by molar-refractivity contribution is 6.30. The van der Waals surface area contributed by atoms with E-state index in [1.807, 2.05) is 24.3 Å². The first kappa shape index (κ1) is 13.0. The van der Waals surface area contributed by atoms with Gasteiger partial charge in [0.2, 0.25) is 0 Å². The summed E-state index contributed by atoms with van der Waals surface area (Å²) in [5, 5.41) is 4.22. The minimum Gasteiger partial charge on any atom is -0.378 e. The molecule has 0 radical (unpaired) electrons. The molecule has 1 unspecified atom stereocenters. The number of hydrogen-bond acceptors (Lipinski definition) is 1. The Kier molecular flexibility index (Phi) is 3.93. The van der Waals surface area contributed by atoms with Crippen LogP contribution in [-0.4, -0.2) is 0 Å². The highest BCUT2D eigenvalue weighted by atomic mass is 35.5. The number of nitrogens with one attached hydrogen (secondary N) is 1. The Labute approximate surface area is 114 Å². The summed E-state index contributed by atoms with van der Waals surface area (Å²) in [4.78, 5) is 0. The van der Waals surface area contributed by atoms with Crippen molar-refractivity contribution in [2.24, 2.45) is 0 Å². The molecule has 0 saturated carbocycles. The Bertz CT molecular complexity index is 549. The van der Waals surface area contributed by atoms with Crippen molar-refractivity contribution in [2.45, 2.75) is 26.8 Å². The highest BCUT2D eigenvalue weighted by Crippen LogP contribution is 2.23. The maximum Gasteiger partial charge on any atom is 0.0485 e. The monoisotopic (exact) mass is 259 g/mol. The lowest BCUT2D eigenvalue weighted by molar-refractivity contribution is 0.882. The average Bonchev–Trinajstić information content (AvgIpc) is 2.32. The fraction of sp³-hybridized carbons (Fsp3) is 0.250. The molecule has 0 aliphatic heterocycles. The second-order valence-electron chi connectivity index (χ2n) is 4.72. The third-order valence-corrected chi connectivity index (χ3v) is 3.47. The van der Waals surface area contributed by atoms with E-state index in [0.29, 0.717) is 0 Å². The minimum atomic E-state index is 0.266. The van der Waals surface area contributed by atoms with Crippen molar-refractivity contribution in [3.8, 4) is 0 Å². The van der Waals surface area contributed by atoms with Crippen LogP contribution in [-0.2, 0) is 0 Å². The second-order valence-corrected chi connectivity index (χ2v) is 5.16. The van der Waals surface area contributed by atoms with Gasteiger partial charge >= 0.3 is 0 Å². The molecule has 1 atom stereocenters. The van der Waals surface area contributed by atoms with Gasteiger partial charge in [0, 0.05) is 16.8 Å². The zero-order valence-electron chi connectivity index (χ0n) is 11.0. The van der Waals surface area contributed by atoms with Crippen molar-refractivity contribution in [1.82, 2.24) is 0 Å². The van der Waals surface area contributed by atoms with Crippen LogP contribution >= 0.6 is 11.6 Å². The largest absolute Gasteiger partial charge is 0.378 e. The number of aryl methyl sites for hydroxylation is 2. The van der Waals surface area contributed by atoms with Crippen LogP contribution in [0.3, 0.4) is 0 Å². The van der Waals surface area contributed by atoms with E-state index in [2.05, 4.69) is 44.3 Å². The first-order valence-electron chi connectivity index (χ1n) is 6.15. The Balaban J connectivity index is 2.16. The summed E-state index contributed by atoms with van der Waals surface area (Å²) in [7, 11) is 0. The van der Waals surface area contributed by atoms with Gasteiger partial charge in [-0.25, -0.2) is 0 Å². The number of benzene rings is 2. The van der Waals surface area contributed by atoms with Gasteiger partial charge in [0.1, 0.15) is 0 Å². The molecule has 94 valence electrons. The average molecular weight is 260 g/mol. The molecule has 0 spiro atoms. The van der Waals surface area contributed by atoms with E-state index in [9.17, 15) is 0 Å². The smallest absolute Gasteiger partial charge is 0.0485 e. The van der Waals surface area contributed by atoms with Gasteiger partial charge in [-0.1, -0.05) is 35.9 Å². The molecule has 0 aromatic heterocycles. The summed E-state index contributed by atoms with van der Waals surface area (Å²) in [6.07, 6.45) is 0. The van der Waals surface area contributed by atoms with E-state index in [1.54, 1.807) is 0 Å². The van der Waals surface area contributed by atoms with Crippen LogP contribution in [0.2, 0.25) is 5.02 Å². The molecule has 2 rings (SSSR count). The standard InChI is InChI=1S/C16H18ClN/c1-11-7-8-14(9-12(11)2)13(3)18-16-6-4-5-15(17)10-16/h4-10,13,18H,1-3H3. The summed E-state index contributed by atoms with van der Waals surface area (Å²) in [6.45, 7) is 6.43. The predicted octanol–water partition coefficient (Wildman–Crippen LogP) is 5.13. The number of rotatable bonds is 3. The molecule has 2 aromatic carbocycles. The van der Waals surface area contributed by atoms with Crippen LogP contribution in [0.15, 0.2) is 42.5 Å². The van der Waals surface area contributed by atoms with E-state index in [-0.39, 0.29) is 6.04 Å². The zero-order chi connectivity index (χ0) is 13.1. The lowest BCUT2D eigenvalue weighted by atomic mass is 10.0. The van der Waals surface area contributed by atoms with Crippen LogP contribution < -0.4 is 5.32 Å². The van der Waals surface area contributed by atoms with Gasteiger partial charge in [-0.2, -0.15) is 0 Å². The van der Waals surface area contributed by atoms with Crippen molar-refractivity contribution in [3.05, 3.63) is 64.2 Å². The predicted molar refractivity (Wildman–Crippen MR) is 79.4 cm³/mol. The molecule has 18 heavy (non-hydrogen) atoms. The zero-order valence-corrected chi connectivity index (χ0v) is 11.8. The highest BCUT2D eigenvalue weighted by Gasteiger charge is 2.06. The molecule has 0 bridgehead atoms. The van der Waals surface area contributed by atoms with Gasteiger partial charge in [-0.15, -0.1) is 0 Å². The molecular weight excluding hydrogens is 242 g/mol. The summed E-state index contributed by atoms with van der Waals surface area (Å²) in [6, 6.07) is 14.7. The fourth-order valence-electron chi connectivity index (χ4n) is 1.95. The van der Waals surface area contributed by atoms with Crippen LogP contribution in [0.25, 0.3) is 0 Å². The van der Waals surface area contributed by atoms with Gasteiger partial charge in [-0.3, -0.25) is 0 Å². The van der Waals surface area contributed by atoms with E-state index in [0.717, 1.165) is 10.7 Å². The molecule has 1 nitrogen and oxygen atoms in total. The van der Waals surface area contributed by atoms with Crippen molar-refractivity contribution in [1.29, 1.82) is 0 Å². The number of halogens is 1. The SMILES string of the molecule is Cc1ccc(C(C)Nc2cccc(Cl)c2)cc1C. The number of anilines is 1. The van der Waals surface area contributed by atoms with Gasteiger partial charge < -0.3 is 5.32 Å². The molecule has 1 N–H and O–H groups in total. The molecule has 0 saturated heterocycles. The van der Waals surface area contributed by atoms with Crippen LogP contribution in [0, 0.1) is 13.8 Å². The molecular formula is C16H18ClN. The third-order valence-electron chi connectivity index (χ3n) is 3.24. The molecule has 0 aliphatic rings. The summed E-state index contributed by atoms with van der Waals surface area (Å²) in [5.74, 6) is 0. The van der Waals surface area contributed by atoms with Gasteiger partial charge in [0.15, 0.2) is 0 Å². The first-order chi connectivity index (χ1) is 8.56. The minimum absolute atomic E-state index is 0.266. The lowest BCUT2D eigenvalue weighted by Gasteiger charge is -2.17. The third kappa shape index (κ3) is 3.05.